The molecule has 1 atom stereocenters. The Morgan fingerprint density at radius 2 is 2.21 bits per heavy atom. The number of nitrogens with zero attached hydrogens (tertiary/aromatic N) is 4. The molecule has 19 heavy (non-hydrogen) atoms. The SMILES string of the molecule is COC(=O)C1CCn2nc(-c3ccncc3)nc2C1. The second-order valence-corrected chi connectivity index (χ2v) is 4.52. The van der Waals surface area contributed by atoms with Gasteiger partial charge in [0.1, 0.15) is 5.82 Å². The van der Waals surface area contributed by atoms with Crippen LogP contribution in [0.2, 0.25) is 0 Å². The molecule has 0 saturated carbocycles. The van der Waals surface area contributed by atoms with Crippen LogP contribution in [0.3, 0.4) is 0 Å². The number of carbonyl (C=O) groups is 1. The fourth-order valence-electron chi connectivity index (χ4n) is 2.30. The van der Waals surface area contributed by atoms with Gasteiger partial charge in [0.15, 0.2) is 5.82 Å². The number of esters is 1. The summed E-state index contributed by atoms with van der Waals surface area (Å²) in [7, 11) is 1.42. The summed E-state index contributed by atoms with van der Waals surface area (Å²) >= 11 is 0. The molecule has 0 radical (unpaired) electrons. The number of fused-ring (bicyclic) bond motifs is 1. The van der Waals surface area contributed by atoms with E-state index in [9.17, 15) is 4.79 Å². The molecule has 2 aromatic rings. The number of hydrogen-bond acceptors (Lipinski definition) is 5. The van der Waals surface area contributed by atoms with E-state index in [1.807, 2.05) is 16.8 Å². The molecule has 0 aliphatic carbocycles. The predicted molar refractivity (Wildman–Crippen MR) is 67.1 cm³/mol. The van der Waals surface area contributed by atoms with Crippen LogP contribution in [0, 0.1) is 5.92 Å². The van der Waals surface area contributed by atoms with Gasteiger partial charge in [-0.3, -0.25) is 9.78 Å². The van der Waals surface area contributed by atoms with Crippen molar-refractivity contribution in [2.75, 3.05) is 7.11 Å². The van der Waals surface area contributed by atoms with Crippen molar-refractivity contribution in [3.05, 3.63) is 30.4 Å². The lowest BCUT2D eigenvalue weighted by Crippen LogP contribution is -2.27. The summed E-state index contributed by atoms with van der Waals surface area (Å²) in [5, 5.41) is 4.47. The first-order chi connectivity index (χ1) is 9.28. The highest BCUT2D eigenvalue weighted by atomic mass is 16.5. The van der Waals surface area contributed by atoms with Gasteiger partial charge in [-0.25, -0.2) is 9.67 Å². The van der Waals surface area contributed by atoms with E-state index in [2.05, 4.69) is 15.1 Å². The molecular weight excluding hydrogens is 244 g/mol. The van der Waals surface area contributed by atoms with Crippen LogP contribution in [0.15, 0.2) is 24.5 Å². The lowest BCUT2D eigenvalue weighted by atomic mass is 9.98. The van der Waals surface area contributed by atoms with E-state index in [4.69, 9.17) is 4.74 Å². The Hall–Kier alpha value is -2.24. The maximum Gasteiger partial charge on any atom is 0.309 e. The quantitative estimate of drug-likeness (QED) is 0.754. The molecule has 1 aliphatic heterocycles. The molecule has 1 unspecified atom stereocenters. The molecule has 0 spiro atoms. The van der Waals surface area contributed by atoms with Crippen LogP contribution >= 0.6 is 0 Å². The Kier molecular flexibility index (Phi) is 2.98. The molecule has 0 fully saturated rings. The molecule has 0 N–H and O–H groups in total. The smallest absolute Gasteiger partial charge is 0.309 e. The third kappa shape index (κ3) is 2.21. The average Bonchev–Trinajstić information content (AvgIpc) is 2.90. The van der Waals surface area contributed by atoms with E-state index in [1.54, 1.807) is 12.4 Å². The number of carbonyl (C=O) groups excluding carboxylic acids is 1. The van der Waals surface area contributed by atoms with Gasteiger partial charge in [0, 0.05) is 30.9 Å². The van der Waals surface area contributed by atoms with E-state index in [1.165, 1.54) is 7.11 Å². The fraction of sp³-hybridized carbons (Fsp3) is 0.385. The first-order valence-corrected chi connectivity index (χ1v) is 6.20. The summed E-state index contributed by atoms with van der Waals surface area (Å²) in [6.45, 7) is 0.702. The number of pyridine rings is 1. The Balaban J connectivity index is 1.87. The lowest BCUT2D eigenvalue weighted by molar-refractivity contribution is -0.146. The molecule has 6 heteroatoms. The summed E-state index contributed by atoms with van der Waals surface area (Å²) in [4.78, 5) is 20.0. The predicted octanol–water partition coefficient (Wildman–Crippen LogP) is 1.08. The molecule has 6 nitrogen and oxygen atoms in total. The second kappa shape index (κ2) is 4.79. The summed E-state index contributed by atoms with van der Waals surface area (Å²) in [6, 6.07) is 3.75. The van der Waals surface area contributed by atoms with Crippen molar-refractivity contribution >= 4 is 5.97 Å². The molecule has 0 bridgehead atoms. The molecule has 0 saturated heterocycles. The lowest BCUT2D eigenvalue weighted by Gasteiger charge is -2.19. The first kappa shape index (κ1) is 11.8. The van der Waals surface area contributed by atoms with E-state index in [-0.39, 0.29) is 11.9 Å². The summed E-state index contributed by atoms with van der Waals surface area (Å²) in [5.41, 5.74) is 0.937. The van der Waals surface area contributed by atoms with Crippen molar-refractivity contribution in [2.45, 2.75) is 19.4 Å². The molecular formula is C13H14N4O2. The number of methoxy groups -OCH3 is 1. The molecule has 3 heterocycles. The summed E-state index contributed by atoms with van der Waals surface area (Å²) < 4.78 is 6.66. The van der Waals surface area contributed by atoms with Gasteiger partial charge in [-0.05, 0) is 18.6 Å². The van der Waals surface area contributed by atoms with Crippen LogP contribution in [-0.4, -0.2) is 32.8 Å². The van der Waals surface area contributed by atoms with Gasteiger partial charge < -0.3 is 4.74 Å². The second-order valence-electron chi connectivity index (χ2n) is 4.52. The highest BCUT2D eigenvalue weighted by Gasteiger charge is 2.27. The maximum absolute atomic E-state index is 11.6. The van der Waals surface area contributed by atoms with Crippen LogP contribution < -0.4 is 0 Å². The first-order valence-electron chi connectivity index (χ1n) is 6.20. The van der Waals surface area contributed by atoms with Crippen molar-refractivity contribution in [1.29, 1.82) is 0 Å². The van der Waals surface area contributed by atoms with Gasteiger partial charge in [0.2, 0.25) is 0 Å². The topological polar surface area (TPSA) is 69.9 Å². The summed E-state index contributed by atoms with van der Waals surface area (Å²) in [6.07, 6.45) is 4.77. The fourth-order valence-corrected chi connectivity index (χ4v) is 2.30. The Labute approximate surface area is 110 Å². The van der Waals surface area contributed by atoms with Crippen LogP contribution in [0.4, 0.5) is 0 Å². The number of aromatic nitrogens is 4. The van der Waals surface area contributed by atoms with Gasteiger partial charge in [-0.1, -0.05) is 0 Å². The van der Waals surface area contributed by atoms with Gasteiger partial charge in [0.05, 0.1) is 13.0 Å². The zero-order valence-electron chi connectivity index (χ0n) is 10.6. The number of hydrogen-bond donors (Lipinski definition) is 0. The third-order valence-electron chi connectivity index (χ3n) is 3.34. The minimum absolute atomic E-state index is 0.105. The van der Waals surface area contributed by atoms with Crippen molar-refractivity contribution in [2.24, 2.45) is 5.92 Å². The Bertz CT molecular complexity index is 594. The van der Waals surface area contributed by atoms with E-state index in [0.717, 1.165) is 17.8 Å². The van der Waals surface area contributed by atoms with Crippen LogP contribution in [0.25, 0.3) is 11.4 Å². The molecule has 0 amide bonds. The van der Waals surface area contributed by atoms with Crippen LogP contribution in [-0.2, 0) is 22.5 Å². The van der Waals surface area contributed by atoms with Gasteiger partial charge in [-0.15, -0.1) is 0 Å². The normalized spacial score (nSPS) is 17.8. The highest BCUT2D eigenvalue weighted by molar-refractivity contribution is 5.72. The van der Waals surface area contributed by atoms with Crippen molar-refractivity contribution < 1.29 is 9.53 Å². The monoisotopic (exact) mass is 258 g/mol. The largest absolute Gasteiger partial charge is 0.469 e. The van der Waals surface area contributed by atoms with E-state index < -0.39 is 0 Å². The molecule has 0 aromatic carbocycles. The van der Waals surface area contributed by atoms with Gasteiger partial charge in [-0.2, -0.15) is 5.10 Å². The zero-order valence-corrected chi connectivity index (χ0v) is 10.6. The third-order valence-corrected chi connectivity index (χ3v) is 3.34. The number of rotatable bonds is 2. The minimum Gasteiger partial charge on any atom is -0.469 e. The molecule has 1 aliphatic rings. The van der Waals surface area contributed by atoms with Crippen LogP contribution in [0.1, 0.15) is 12.2 Å². The van der Waals surface area contributed by atoms with E-state index >= 15 is 0 Å². The number of aryl methyl sites for hydroxylation is 1. The molecule has 2 aromatic heterocycles. The minimum atomic E-state index is -0.167. The number of ether oxygens (including phenoxy) is 1. The average molecular weight is 258 g/mol. The zero-order chi connectivity index (χ0) is 13.2. The highest BCUT2D eigenvalue weighted by Crippen LogP contribution is 2.23. The molecule has 3 rings (SSSR count). The maximum atomic E-state index is 11.6. The summed E-state index contributed by atoms with van der Waals surface area (Å²) in [5.74, 6) is 1.25. The van der Waals surface area contributed by atoms with Crippen LogP contribution in [0.5, 0.6) is 0 Å². The van der Waals surface area contributed by atoms with Gasteiger partial charge >= 0.3 is 5.97 Å². The van der Waals surface area contributed by atoms with E-state index in [0.29, 0.717) is 18.8 Å². The molecule has 98 valence electrons. The Morgan fingerprint density at radius 1 is 1.42 bits per heavy atom. The van der Waals surface area contributed by atoms with Crippen molar-refractivity contribution in [3.63, 3.8) is 0 Å². The Morgan fingerprint density at radius 3 is 2.95 bits per heavy atom. The standard InChI is InChI=1S/C13H14N4O2/c1-19-13(18)10-4-7-17-11(8-10)15-12(16-17)9-2-5-14-6-3-9/h2-3,5-6,10H,4,7-8H2,1H3. The van der Waals surface area contributed by atoms with Gasteiger partial charge in [0.25, 0.3) is 0 Å². The van der Waals surface area contributed by atoms with Crippen molar-refractivity contribution in [1.82, 2.24) is 19.7 Å². The van der Waals surface area contributed by atoms with Crippen molar-refractivity contribution in [3.8, 4) is 11.4 Å².